The highest BCUT2D eigenvalue weighted by atomic mass is 14.2. The van der Waals surface area contributed by atoms with Crippen LogP contribution in [0.3, 0.4) is 0 Å². The van der Waals surface area contributed by atoms with E-state index in [0.717, 1.165) is 13.2 Å². The van der Waals surface area contributed by atoms with Crippen LogP contribution in [-0.2, 0) is 6.42 Å². The molecule has 0 aliphatic heterocycles. The first-order chi connectivity index (χ1) is 14.2. The molecule has 0 fully saturated rings. The third kappa shape index (κ3) is 4.41. The fourth-order valence-corrected chi connectivity index (χ4v) is 4.78. The van der Waals surface area contributed by atoms with Crippen molar-refractivity contribution in [1.29, 1.82) is 0 Å². The van der Waals surface area contributed by atoms with Gasteiger partial charge in [0, 0.05) is 0 Å². The average molecular weight is 396 g/mol. The van der Waals surface area contributed by atoms with Gasteiger partial charge < -0.3 is 0 Å². The van der Waals surface area contributed by atoms with E-state index in [2.05, 4.69) is 97.9 Å². The normalized spacial score (nSPS) is 12.1. The third-order valence-electron chi connectivity index (χ3n) is 7.34. The van der Waals surface area contributed by atoms with Crippen LogP contribution in [0.4, 0.5) is 0 Å². The van der Waals surface area contributed by atoms with Gasteiger partial charge in [-0.3, -0.25) is 0 Å². The van der Waals surface area contributed by atoms with E-state index in [-0.39, 0.29) is 0 Å². The Morgan fingerprint density at radius 1 is 0.700 bits per heavy atom. The van der Waals surface area contributed by atoms with Crippen molar-refractivity contribution in [3.8, 4) is 11.1 Å². The summed E-state index contributed by atoms with van der Waals surface area (Å²) in [7, 11) is 1.02. The van der Waals surface area contributed by atoms with Crippen molar-refractivity contribution in [1.82, 2.24) is 0 Å². The van der Waals surface area contributed by atoms with Gasteiger partial charge in [0.25, 0.3) is 0 Å². The van der Waals surface area contributed by atoms with Crippen molar-refractivity contribution in [3.05, 3.63) is 81.4 Å². The number of benzene rings is 3. The Morgan fingerprint density at radius 2 is 1.23 bits per heavy atom. The Hall–Kier alpha value is -2.28. The quantitative estimate of drug-likeness (QED) is 0.437. The van der Waals surface area contributed by atoms with Gasteiger partial charge in [0.05, 0.1) is 0 Å². The summed E-state index contributed by atoms with van der Waals surface area (Å²) in [6.07, 6.45) is 2.44. The van der Waals surface area contributed by atoms with Crippen LogP contribution in [0.25, 0.3) is 11.1 Å². The van der Waals surface area contributed by atoms with E-state index in [9.17, 15) is 0 Å². The Labute approximate surface area is 185 Å². The third-order valence-corrected chi connectivity index (χ3v) is 7.34. The maximum atomic E-state index is 2.37. The second kappa shape index (κ2) is 9.25. The molecule has 1 unspecified atom stereocenters. The maximum absolute atomic E-state index is 2.37. The molecule has 0 amide bonds. The predicted octanol–water partition coefficient (Wildman–Crippen LogP) is 6.18. The molecule has 3 rings (SSSR count). The lowest BCUT2D eigenvalue weighted by atomic mass is 9.57. The second-order valence-corrected chi connectivity index (χ2v) is 9.31. The fraction of sp³-hybridized carbons (Fsp3) is 0.379. The van der Waals surface area contributed by atoms with Gasteiger partial charge in [-0.2, -0.15) is 0 Å². The SMILES string of the molecule is CCC(C)Cc1c(C)c(C)c(Bc2c(C)cc(-c3ccccc3)cc2C)c(C)c1C. The molecule has 0 aromatic heterocycles. The van der Waals surface area contributed by atoms with Crippen LogP contribution < -0.4 is 10.9 Å². The van der Waals surface area contributed by atoms with E-state index in [1.165, 1.54) is 68.3 Å². The molecule has 0 bridgehead atoms. The zero-order chi connectivity index (χ0) is 22.0. The number of hydrogen-bond donors (Lipinski definition) is 0. The van der Waals surface area contributed by atoms with E-state index in [1.807, 2.05) is 0 Å². The summed E-state index contributed by atoms with van der Waals surface area (Å²) in [5, 5.41) is 0. The van der Waals surface area contributed by atoms with E-state index < -0.39 is 0 Å². The van der Waals surface area contributed by atoms with Gasteiger partial charge in [-0.1, -0.05) is 95.9 Å². The molecule has 30 heavy (non-hydrogen) atoms. The monoisotopic (exact) mass is 396 g/mol. The summed E-state index contributed by atoms with van der Waals surface area (Å²) >= 11 is 0. The van der Waals surface area contributed by atoms with Gasteiger partial charge in [-0.15, -0.1) is 0 Å². The first-order valence-electron chi connectivity index (χ1n) is 11.5. The van der Waals surface area contributed by atoms with Gasteiger partial charge in [-0.05, 0) is 81.7 Å². The van der Waals surface area contributed by atoms with Crippen LogP contribution in [-0.4, -0.2) is 7.28 Å². The Balaban J connectivity index is 2.03. The molecule has 0 aliphatic rings. The first-order valence-corrected chi connectivity index (χ1v) is 11.5. The van der Waals surface area contributed by atoms with E-state index in [1.54, 1.807) is 5.56 Å². The van der Waals surface area contributed by atoms with Crippen LogP contribution in [0, 0.1) is 47.5 Å². The minimum absolute atomic E-state index is 0.738. The van der Waals surface area contributed by atoms with E-state index in [0.29, 0.717) is 0 Å². The van der Waals surface area contributed by atoms with Crippen molar-refractivity contribution in [3.63, 3.8) is 0 Å². The van der Waals surface area contributed by atoms with Gasteiger partial charge in [0.1, 0.15) is 0 Å². The summed E-state index contributed by atoms with van der Waals surface area (Å²) in [4.78, 5) is 0. The molecule has 0 heterocycles. The van der Waals surface area contributed by atoms with Crippen molar-refractivity contribution in [2.45, 2.75) is 68.2 Å². The maximum Gasteiger partial charge on any atom is 0.193 e. The molecule has 0 nitrogen and oxygen atoms in total. The lowest BCUT2D eigenvalue weighted by molar-refractivity contribution is 0.557. The molecule has 0 radical (unpaired) electrons. The molecular weight excluding hydrogens is 359 g/mol. The lowest BCUT2D eigenvalue weighted by Gasteiger charge is -2.23. The van der Waals surface area contributed by atoms with Crippen LogP contribution in [0.5, 0.6) is 0 Å². The molecule has 3 aromatic rings. The molecule has 1 heteroatoms. The Bertz CT molecular complexity index is 992. The lowest BCUT2D eigenvalue weighted by Crippen LogP contribution is -2.36. The largest absolute Gasteiger partial charge is 0.193 e. The molecule has 1 atom stereocenters. The van der Waals surface area contributed by atoms with E-state index in [4.69, 9.17) is 0 Å². The van der Waals surface area contributed by atoms with Gasteiger partial charge >= 0.3 is 0 Å². The smallest absolute Gasteiger partial charge is 0.0728 e. The van der Waals surface area contributed by atoms with Crippen LogP contribution in [0.2, 0.25) is 0 Å². The van der Waals surface area contributed by atoms with Crippen molar-refractivity contribution in [2.75, 3.05) is 0 Å². The number of rotatable bonds is 6. The summed E-state index contributed by atoms with van der Waals surface area (Å²) in [6.45, 7) is 18.6. The van der Waals surface area contributed by atoms with Crippen molar-refractivity contribution in [2.24, 2.45) is 5.92 Å². The van der Waals surface area contributed by atoms with Crippen LogP contribution in [0.15, 0.2) is 42.5 Å². The highest BCUT2D eigenvalue weighted by Gasteiger charge is 2.18. The predicted molar refractivity (Wildman–Crippen MR) is 136 cm³/mol. The highest BCUT2D eigenvalue weighted by Crippen LogP contribution is 2.25. The topological polar surface area (TPSA) is 0 Å². The summed E-state index contributed by atoms with van der Waals surface area (Å²) in [5.41, 5.74) is 16.0. The summed E-state index contributed by atoms with van der Waals surface area (Å²) in [5.74, 6) is 0.738. The molecule has 0 N–H and O–H groups in total. The first kappa shape index (κ1) is 22.4. The van der Waals surface area contributed by atoms with Gasteiger partial charge in [0.2, 0.25) is 0 Å². The average Bonchev–Trinajstić information content (AvgIpc) is 2.74. The molecule has 0 spiro atoms. The molecule has 0 aliphatic carbocycles. The van der Waals surface area contributed by atoms with Gasteiger partial charge in [-0.25, -0.2) is 0 Å². The molecular formula is C29H37B. The van der Waals surface area contributed by atoms with Gasteiger partial charge in [0.15, 0.2) is 7.28 Å². The molecule has 3 aromatic carbocycles. The molecule has 0 saturated carbocycles. The fourth-order valence-electron chi connectivity index (χ4n) is 4.78. The van der Waals surface area contributed by atoms with E-state index >= 15 is 0 Å². The van der Waals surface area contributed by atoms with Crippen molar-refractivity contribution >= 4 is 18.2 Å². The van der Waals surface area contributed by atoms with Crippen LogP contribution >= 0.6 is 0 Å². The standard InChI is InChI=1S/C29H37B/c1-9-18(2)15-27-21(5)23(7)29(24(8)22(27)6)30-28-19(3)16-26(17-20(28)4)25-13-11-10-12-14-25/h10-14,16-18,30H,9,15H2,1-8H3. The summed E-state index contributed by atoms with van der Waals surface area (Å²) in [6, 6.07) is 15.4. The summed E-state index contributed by atoms with van der Waals surface area (Å²) < 4.78 is 0. The highest BCUT2D eigenvalue weighted by molar-refractivity contribution is 6.69. The Kier molecular flexibility index (Phi) is 6.91. The van der Waals surface area contributed by atoms with Crippen molar-refractivity contribution < 1.29 is 0 Å². The zero-order valence-electron chi connectivity index (χ0n) is 20.2. The number of hydrogen-bond acceptors (Lipinski definition) is 0. The minimum Gasteiger partial charge on any atom is -0.0728 e. The number of aryl methyl sites for hydroxylation is 2. The molecule has 0 saturated heterocycles. The van der Waals surface area contributed by atoms with Crippen LogP contribution in [0.1, 0.15) is 59.2 Å². The zero-order valence-corrected chi connectivity index (χ0v) is 20.2. The minimum atomic E-state index is 0.738. The molecule has 156 valence electrons. The Morgan fingerprint density at radius 3 is 1.73 bits per heavy atom. The second-order valence-electron chi connectivity index (χ2n) is 9.31.